The minimum absolute atomic E-state index is 0.0859. The molecule has 0 bridgehead atoms. The molecule has 25 heavy (non-hydrogen) atoms. The van der Waals surface area contributed by atoms with Crippen molar-refractivity contribution in [1.82, 2.24) is 0 Å². The zero-order valence-corrected chi connectivity index (χ0v) is 14.5. The monoisotopic (exact) mass is 357 g/mol. The number of hydrogen-bond donors (Lipinski definition) is 0. The quantitative estimate of drug-likeness (QED) is 0.439. The molecule has 0 radical (unpaired) electrons. The van der Waals surface area contributed by atoms with E-state index in [0.29, 0.717) is 17.9 Å². The Morgan fingerprint density at radius 1 is 1.32 bits per heavy atom. The number of rotatable bonds is 6. The lowest BCUT2D eigenvalue weighted by molar-refractivity contribution is -0.129. The molecular weight excluding hydrogens is 342 g/mol. The number of ether oxygens (including phenoxy) is 3. The first-order chi connectivity index (χ1) is 12.1. The summed E-state index contributed by atoms with van der Waals surface area (Å²) in [5, 5.41) is 9.12. The van der Waals surface area contributed by atoms with Gasteiger partial charge in [0, 0.05) is 12.1 Å². The van der Waals surface area contributed by atoms with E-state index in [-0.39, 0.29) is 16.5 Å². The van der Waals surface area contributed by atoms with E-state index >= 15 is 0 Å². The van der Waals surface area contributed by atoms with E-state index < -0.39 is 5.97 Å². The van der Waals surface area contributed by atoms with Crippen LogP contribution in [-0.2, 0) is 4.79 Å². The zero-order chi connectivity index (χ0) is 18.2. The maximum Gasteiger partial charge on any atom is 0.336 e. The van der Waals surface area contributed by atoms with Crippen molar-refractivity contribution in [2.24, 2.45) is 0 Å². The number of halogens is 1. The van der Waals surface area contributed by atoms with Crippen LogP contribution in [0.1, 0.15) is 18.1 Å². The van der Waals surface area contributed by atoms with Crippen LogP contribution in [0.5, 0.6) is 17.2 Å². The third kappa shape index (κ3) is 5.00. The molecule has 2 aromatic rings. The molecule has 0 heterocycles. The number of esters is 1. The SMILES string of the molecule is CCOc1cc(C#N)cc(Cl)c1OC(=O)/C=C/c1cccc(OC)c1. The van der Waals surface area contributed by atoms with Crippen molar-refractivity contribution in [3.8, 4) is 23.3 Å². The Bertz CT molecular complexity index is 840. The van der Waals surface area contributed by atoms with E-state index in [1.807, 2.05) is 18.2 Å². The summed E-state index contributed by atoms with van der Waals surface area (Å²) in [6.07, 6.45) is 2.88. The van der Waals surface area contributed by atoms with Gasteiger partial charge in [-0.2, -0.15) is 5.26 Å². The highest BCUT2D eigenvalue weighted by atomic mass is 35.5. The Morgan fingerprint density at radius 2 is 2.12 bits per heavy atom. The molecule has 0 aliphatic rings. The maximum absolute atomic E-state index is 12.1. The van der Waals surface area contributed by atoms with E-state index in [4.69, 9.17) is 31.1 Å². The highest BCUT2D eigenvalue weighted by Crippen LogP contribution is 2.36. The Kier molecular flexibility index (Phi) is 6.44. The van der Waals surface area contributed by atoms with Crippen molar-refractivity contribution in [3.63, 3.8) is 0 Å². The van der Waals surface area contributed by atoms with E-state index in [9.17, 15) is 4.79 Å². The molecule has 6 heteroatoms. The van der Waals surface area contributed by atoms with Gasteiger partial charge in [0.05, 0.1) is 30.4 Å². The van der Waals surface area contributed by atoms with Crippen molar-refractivity contribution >= 4 is 23.6 Å². The minimum atomic E-state index is -0.615. The predicted octanol–water partition coefficient (Wildman–Crippen LogP) is 4.24. The second-order valence-corrected chi connectivity index (χ2v) is 5.27. The summed E-state index contributed by atoms with van der Waals surface area (Å²) in [5.74, 6) is 0.400. The normalized spacial score (nSPS) is 10.3. The largest absolute Gasteiger partial charge is 0.497 e. The first-order valence-corrected chi connectivity index (χ1v) is 7.85. The fourth-order valence-corrected chi connectivity index (χ4v) is 2.29. The van der Waals surface area contributed by atoms with Crippen molar-refractivity contribution in [2.45, 2.75) is 6.92 Å². The standard InChI is InChI=1S/C19H16ClNO4/c1-3-24-17-11-14(12-21)10-16(20)19(17)25-18(22)8-7-13-5-4-6-15(9-13)23-2/h4-11H,3H2,1-2H3/b8-7+. The average Bonchev–Trinajstić information content (AvgIpc) is 2.63. The van der Waals surface area contributed by atoms with E-state index in [1.54, 1.807) is 32.2 Å². The van der Waals surface area contributed by atoms with Gasteiger partial charge in [-0.1, -0.05) is 23.7 Å². The molecule has 0 fully saturated rings. The number of hydrogen-bond acceptors (Lipinski definition) is 5. The summed E-state index contributed by atoms with van der Waals surface area (Å²) in [7, 11) is 1.57. The van der Waals surface area contributed by atoms with Gasteiger partial charge in [-0.05, 0) is 36.8 Å². The summed E-state index contributed by atoms with van der Waals surface area (Å²) in [5.41, 5.74) is 1.10. The lowest BCUT2D eigenvalue weighted by atomic mass is 10.2. The lowest BCUT2D eigenvalue weighted by Crippen LogP contribution is -2.06. The molecule has 2 aromatic carbocycles. The maximum atomic E-state index is 12.1. The topological polar surface area (TPSA) is 68.5 Å². The molecule has 0 amide bonds. The molecule has 0 spiro atoms. The number of carbonyl (C=O) groups is 1. The summed E-state index contributed by atoms with van der Waals surface area (Å²) >= 11 is 6.10. The third-order valence-electron chi connectivity index (χ3n) is 3.15. The van der Waals surface area contributed by atoms with Crippen LogP contribution in [0.4, 0.5) is 0 Å². The molecule has 0 saturated carbocycles. The third-order valence-corrected chi connectivity index (χ3v) is 3.43. The summed E-state index contributed by atoms with van der Waals surface area (Å²) < 4.78 is 15.8. The second-order valence-electron chi connectivity index (χ2n) is 4.86. The Labute approximate surface area is 151 Å². The molecule has 128 valence electrons. The summed E-state index contributed by atoms with van der Waals surface area (Å²) in [6.45, 7) is 2.12. The Balaban J connectivity index is 2.19. The smallest absolute Gasteiger partial charge is 0.336 e. The molecule has 2 rings (SSSR count). The van der Waals surface area contributed by atoms with Crippen LogP contribution in [0.25, 0.3) is 6.08 Å². The Hall–Kier alpha value is -2.97. The van der Waals surface area contributed by atoms with Crippen molar-refractivity contribution < 1.29 is 19.0 Å². The summed E-state index contributed by atoms with van der Waals surface area (Å²) in [6, 6.07) is 12.1. The van der Waals surface area contributed by atoms with Gasteiger partial charge in [-0.25, -0.2) is 4.79 Å². The molecule has 0 aliphatic carbocycles. The van der Waals surface area contributed by atoms with Crippen molar-refractivity contribution in [2.75, 3.05) is 13.7 Å². The van der Waals surface area contributed by atoms with Crippen LogP contribution in [0.2, 0.25) is 5.02 Å². The van der Waals surface area contributed by atoms with E-state index in [0.717, 1.165) is 5.56 Å². The van der Waals surface area contributed by atoms with Crippen LogP contribution in [0, 0.1) is 11.3 Å². The minimum Gasteiger partial charge on any atom is -0.497 e. The van der Waals surface area contributed by atoms with Crippen LogP contribution in [0.15, 0.2) is 42.5 Å². The molecule has 0 saturated heterocycles. The Morgan fingerprint density at radius 3 is 2.80 bits per heavy atom. The van der Waals surface area contributed by atoms with Gasteiger partial charge in [0.15, 0.2) is 11.5 Å². The molecule has 0 atom stereocenters. The van der Waals surface area contributed by atoms with Gasteiger partial charge in [0.25, 0.3) is 0 Å². The van der Waals surface area contributed by atoms with E-state index in [1.165, 1.54) is 18.2 Å². The predicted molar refractivity (Wildman–Crippen MR) is 95.0 cm³/mol. The van der Waals surface area contributed by atoms with Gasteiger partial charge in [0.1, 0.15) is 5.75 Å². The molecule has 0 aliphatic heterocycles. The molecule has 5 nitrogen and oxygen atoms in total. The van der Waals surface area contributed by atoms with Crippen molar-refractivity contribution in [1.29, 1.82) is 5.26 Å². The molecule has 0 aromatic heterocycles. The highest BCUT2D eigenvalue weighted by molar-refractivity contribution is 6.32. The van der Waals surface area contributed by atoms with Crippen LogP contribution < -0.4 is 14.2 Å². The molecule has 0 unspecified atom stereocenters. The fourth-order valence-electron chi connectivity index (χ4n) is 2.04. The van der Waals surface area contributed by atoms with Crippen molar-refractivity contribution in [3.05, 3.63) is 58.6 Å². The molecule has 0 N–H and O–H groups in total. The van der Waals surface area contributed by atoms with Gasteiger partial charge in [-0.15, -0.1) is 0 Å². The first-order valence-electron chi connectivity index (χ1n) is 7.47. The number of carbonyl (C=O) groups excluding carboxylic acids is 1. The van der Waals surface area contributed by atoms with Gasteiger partial charge in [0.2, 0.25) is 0 Å². The van der Waals surface area contributed by atoms with Crippen LogP contribution in [-0.4, -0.2) is 19.7 Å². The fraction of sp³-hybridized carbons (Fsp3) is 0.158. The number of nitrogens with zero attached hydrogens (tertiary/aromatic N) is 1. The summed E-state index contributed by atoms with van der Waals surface area (Å²) in [4.78, 5) is 12.1. The highest BCUT2D eigenvalue weighted by Gasteiger charge is 2.15. The van der Waals surface area contributed by atoms with Gasteiger partial charge in [-0.3, -0.25) is 0 Å². The van der Waals surface area contributed by atoms with Crippen LogP contribution in [0.3, 0.4) is 0 Å². The number of methoxy groups -OCH3 is 1. The van der Waals surface area contributed by atoms with E-state index in [2.05, 4.69) is 0 Å². The molecular formula is C19H16ClNO4. The first kappa shape index (κ1) is 18.4. The average molecular weight is 358 g/mol. The van der Waals surface area contributed by atoms with Gasteiger partial charge < -0.3 is 14.2 Å². The lowest BCUT2D eigenvalue weighted by Gasteiger charge is -2.11. The number of benzene rings is 2. The van der Waals surface area contributed by atoms with Gasteiger partial charge >= 0.3 is 5.97 Å². The van der Waals surface area contributed by atoms with Crippen LogP contribution >= 0.6 is 11.6 Å². The second kappa shape index (κ2) is 8.76. The number of nitriles is 1. The zero-order valence-electron chi connectivity index (χ0n) is 13.8.